The highest BCUT2D eigenvalue weighted by molar-refractivity contribution is 6.21. The molecule has 0 aromatic heterocycles. The van der Waals surface area contributed by atoms with Crippen molar-refractivity contribution in [3.05, 3.63) is 35.4 Å². The molecule has 1 aromatic carbocycles. The minimum absolute atomic E-state index is 0.0983. The van der Waals surface area contributed by atoms with Gasteiger partial charge in [0.05, 0.1) is 11.1 Å². The predicted molar refractivity (Wildman–Crippen MR) is 104 cm³/mol. The Morgan fingerprint density at radius 1 is 0.929 bits per heavy atom. The van der Waals surface area contributed by atoms with E-state index in [4.69, 9.17) is 0 Å². The third-order valence-electron chi connectivity index (χ3n) is 5.26. The summed E-state index contributed by atoms with van der Waals surface area (Å²) in [5, 5.41) is 2.85. The molecule has 0 bridgehead atoms. The topological polar surface area (TPSA) is 86.8 Å². The summed E-state index contributed by atoms with van der Waals surface area (Å²) in [6.07, 6.45) is 5.18. The summed E-state index contributed by atoms with van der Waals surface area (Å²) in [6.45, 7) is 2.25. The van der Waals surface area contributed by atoms with Gasteiger partial charge in [-0.2, -0.15) is 0 Å². The molecule has 0 spiro atoms. The average Bonchev–Trinajstić information content (AvgIpc) is 2.83. The van der Waals surface area contributed by atoms with Crippen molar-refractivity contribution in [2.75, 3.05) is 26.2 Å². The fourth-order valence-corrected chi connectivity index (χ4v) is 3.70. The van der Waals surface area contributed by atoms with Crippen molar-refractivity contribution >= 4 is 23.6 Å². The molecule has 0 saturated carbocycles. The van der Waals surface area contributed by atoms with Crippen molar-refractivity contribution in [3.8, 4) is 0 Å². The number of rotatable bonds is 8. The van der Waals surface area contributed by atoms with Gasteiger partial charge in [-0.1, -0.05) is 18.6 Å². The average molecular weight is 385 g/mol. The lowest BCUT2D eigenvalue weighted by Crippen LogP contribution is -2.34. The highest BCUT2D eigenvalue weighted by atomic mass is 16.2. The summed E-state index contributed by atoms with van der Waals surface area (Å²) in [7, 11) is 0. The zero-order valence-electron chi connectivity index (χ0n) is 16.1. The summed E-state index contributed by atoms with van der Waals surface area (Å²) in [4.78, 5) is 51.5. The second-order valence-electron chi connectivity index (χ2n) is 7.31. The molecule has 0 unspecified atom stereocenters. The Morgan fingerprint density at radius 2 is 1.64 bits per heavy atom. The van der Waals surface area contributed by atoms with Gasteiger partial charge >= 0.3 is 0 Å². The largest absolute Gasteiger partial charge is 0.356 e. The van der Waals surface area contributed by atoms with Crippen molar-refractivity contribution in [1.82, 2.24) is 15.1 Å². The molecule has 0 atom stereocenters. The van der Waals surface area contributed by atoms with Gasteiger partial charge in [0, 0.05) is 39.0 Å². The lowest BCUT2D eigenvalue weighted by molar-refractivity contribution is -0.130. The van der Waals surface area contributed by atoms with Gasteiger partial charge in [0.1, 0.15) is 0 Å². The maximum absolute atomic E-state index is 12.3. The number of hydrogen-bond donors (Lipinski definition) is 1. The van der Waals surface area contributed by atoms with Crippen molar-refractivity contribution in [1.29, 1.82) is 0 Å². The Hall–Kier alpha value is -2.70. The number of imide groups is 1. The normalized spacial score (nSPS) is 16.9. The third-order valence-corrected chi connectivity index (χ3v) is 5.26. The number of likely N-dealkylation sites (tertiary alicyclic amines) is 1. The molecule has 0 aliphatic carbocycles. The maximum Gasteiger partial charge on any atom is 0.261 e. The zero-order chi connectivity index (χ0) is 19.9. The molecule has 7 nitrogen and oxygen atoms in total. The van der Waals surface area contributed by atoms with Gasteiger partial charge in [-0.15, -0.1) is 0 Å². The fraction of sp³-hybridized carbons (Fsp3) is 0.524. The van der Waals surface area contributed by atoms with Gasteiger partial charge in [-0.3, -0.25) is 24.1 Å². The van der Waals surface area contributed by atoms with Crippen LogP contribution >= 0.6 is 0 Å². The Morgan fingerprint density at radius 3 is 2.36 bits per heavy atom. The summed E-state index contributed by atoms with van der Waals surface area (Å²) in [5.41, 5.74) is 0.861. The Bertz CT molecular complexity index is 727. The van der Waals surface area contributed by atoms with Crippen LogP contribution in [0.25, 0.3) is 0 Å². The Kier molecular flexibility index (Phi) is 6.79. The molecule has 2 heterocycles. The van der Waals surface area contributed by atoms with Gasteiger partial charge in [0.15, 0.2) is 0 Å². The first-order valence-corrected chi connectivity index (χ1v) is 10.1. The van der Waals surface area contributed by atoms with Crippen LogP contribution in [0.5, 0.6) is 0 Å². The minimum atomic E-state index is -0.289. The molecule has 0 radical (unpaired) electrons. The van der Waals surface area contributed by atoms with E-state index in [1.54, 1.807) is 24.3 Å². The second kappa shape index (κ2) is 9.48. The van der Waals surface area contributed by atoms with Crippen molar-refractivity contribution in [3.63, 3.8) is 0 Å². The van der Waals surface area contributed by atoms with Crippen LogP contribution in [0.2, 0.25) is 0 Å². The molecule has 28 heavy (non-hydrogen) atoms. The molecule has 1 aromatic rings. The van der Waals surface area contributed by atoms with E-state index in [0.717, 1.165) is 32.2 Å². The van der Waals surface area contributed by atoms with Crippen molar-refractivity contribution in [2.24, 2.45) is 0 Å². The van der Waals surface area contributed by atoms with Crippen molar-refractivity contribution in [2.45, 2.75) is 44.9 Å². The lowest BCUT2D eigenvalue weighted by atomic mass is 10.1. The van der Waals surface area contributed by atoms with Crippen LogP contribution in [0.3, 0.4) is 0 Å². The van der Waals surface area contributed by atoms with Gasteiger partial charge in [0.2, 0.25) is 11.8 Å². The lowest BCUT2D eigenvalue weighted by Gasteiger charge is -2.20. The van der Waals surface area contributed by atoms with Gasteiger partial charge in [0.25, 0.3) is 11.8 Å². The van der Waals surface area contributed by atoms with Crippen LogP contribution < -0.4 is 5.32 Å². The van der Waals surface area contributed by atoms with E-state index < -0.39 is 0 Å². The molecule has 4 amide bonds. The van der Waals surface area contributed by atoms with E-state index in [0.29, 0.717) is 37.1 Å². The first-order valence-electron chi connectivity index (χ1n) is 10.1. The van der Waals surface area contributed by atoms with E-state index in [-0.39, 0.29) is 36.6 Å². The number of nitrogens with zero attached hydrogens (tertiary/aromatic N) is 2. The molecule has 7 heteroatoms. The van der Waals surface area contributed by atoms with E-state index in [1.807, 2.05) is 4.90 Å². The smallest absolute Gasteiger partial charge is 0.261 e. The Labute approximate surface area is 165 Å². The van der Waals surface area contributed by atoms with Gasteiger partial charge < -0.3 is 10.2 Å². The number of amides is 4. The third kappa shape index (κ3) is 4.77. The standard InChI is InChI=1S/C21H27N3O4/c25-18(22-12-7-14-23-13-5-1-2-11-19(23)26)10-6-15-24-20(27)16-8-3-4-9-17(16)21(24)28/h3-4,8-9H,1-2,5-7,10-15H2,(H,22,25). The highest BCUT2D eigenvalue weighted by Gasteiger charge is 2.34. The van der Waals surface area contributed by atoms with E-state index >= 15 is 0 Å². The van der Waals surface area contributed by atoms with Gasteiger partial charge in [-0.05, 0) is 37.8 Å². The predicted octanol–water partition coefficient (Wildman–Crippen LogP) is 1.97. The molecule has 1 saturated heterocycles. The molecule has 1 N–H and O–H groups in total. The summed E-state index contributed by atoms with van der Waals surface area (Å²) < 4.78 is 0. The fourth-order valence-electron chi connectivity index (χ4n) is 3.70. The molecule has 1 fully saturated rings. The van der Waals surface area contributed by atoms with E-state index in [9.17, 15) is 19.2 Å². The summed E-state index contributed by atoms with van der Waals surface area (Å²) in [6, 6.07) is 6.77. The minimum Gasteiger partial charge on any atom is -0.356 e. The van der Waals surface area contributed by atoms with Gasteiger partial charge in [-0.25, -0.2) is 0 Å². The van der Waals surface area contributed by atoms with Crippen LogP contribution in [0, 0.1) is 0 Å². The maximum atomic E-state index is 12.3. The number of carbonyl (C=O) groups is 4. The van der Waals surface area contributed by atoms with Crippen LogP contribution in [-0.2, 0) is 9.59 Å². The summed E-state index contributed by atoms with van der Waals surface area (Å²) >= 11 is 0. The molecule has 3 rings (SSSR count). The molecule has 150 valence electrons. The van der Waals surface area contributed by atoms with Crippen LogP contribution in [-0.4, -0.2) is 59.6 Å². The van der Waals surface area contributed by atoms with Crippen LogP contribution in [0.1, 0.15) is 65.7 Å². The Balaban J connectivity index is 1.33. The molecule has 2 aliphatic heterocycles. The SMILES string of the molecule is O=C(CCCN1C(=O)c2ccccc2C1=O)NCCCN1CCCCCC1=O. The van der Waals surface area contributed by atoms with Crippen LogP contribution in [0.15, 0.2) is 24.3 Å². The first-order chi connectivity index (χ1) is 13.6. The monoisotopic (exact) mass is 385 g/mol. The second-order valence-corrected chi connectivity index (χ2v) is 7.31. The number of benzene rings is 1. The quantitative estimate of drug-likeness (QED) is 0.548. The van der Waals surface area contributed by atoms with E-state index in [2.05, 4.69) is 5.32 Å². The van der Waals surface area contributed by atoms with E-state index in [1.165, 1.54) is 4.90 Å². The van der Waals surface area contributed by atoms with Crippen molar-refractivity contribution < 1.29 is 19.2 Å². The number of nitrogens with one attached hydrogen (secondary N) is 1. The molecule has 2 aliphatic rings. The van der Waals surface area contributed by atoms with Crippen LogP contribution in [0.4, 0.5) is 0 Å². The highest BCUT2D eigenvalue weighted by Crippen LogP contribution is 2.22. The number of hydrogen-bond acceptors (Lipinski definition) is 4. The first kappa shape index (κ1) is 20.0. The number of fused-ring (bicyclic) bond motifs is 1. The molecular formula is C21H27N3O4. The number of carbonyl (C=O) groups excluding carboxylic acids is 4. The zero-order valence-corrected chi connectivity index (χ0v) is 16.1. The molecular weight excluding hydrogens is 358 g/mol. The summed E-state index contributed by atoms with van der Waals surface area (Å²) in [5.74, 6) is -0.463.